The van der Waals surface area contributed by atoms with Gasteiger partial charge in [0.15, 0.2) is 11.5 Å². The van der Waals surface area contributed by atoms with Crippen LogP contribution in [0.4, 0.5) is 13.2 Å². The Labute approximate surface area is 172 Å². The van der Waals surface area contributed by atoms with E-state index < -0.39 is 23.2 Å². The maximum atomic E-state index is 13.1. The van der Waals surface area contributed by atoms with Crippen molar-refractivity contribution < 1.29 is 27.4 Å². The highest BCUT2D eigenvalue weighted by Gasteiger charge is 2.34. The Hall–Kier alpha value is -3.48. The van der Waals surface area contributed by atoms with E-state index in [-0.39, 0.29) is 6.54 Å². The number of hydrogen-bond acceptors (Lipinski definition) is 3. The number of nitrogens with one attached hydrogen (secondary N) is 1. The van der Waals surface area contributed by atoms with Crippen LogP contribution in [-0.2, 0) is 19.3 Å². The second-order valence-corrected chi connectivity index (χ2v) is 6.49. The molecular weight excluding hydrogens is 395 g/mol. The molecule has 3 rings (SSSR count). The zero-order valence-corrected chi connectivity index (χ0v) is 16.2. The normalized spacial score (nSPS) is 11.1. The molecule has 0 aliphatic carbocycles. The summed E-state index contributed by atoms with van der Waals surface area (Å²) in [4.78, 5) is 12.3. The van der Waals surface area contributed by atoms with E-state index in [1.54, 1.807) is 18.2 Å². The zero-order chi connectivity index (χ0) is 21.6. The van der Waals surface area contributed by atoms with Crippen molar-refractivity contribution >= 4 is 5.91 Å². The molecule has 0 aromatic heterocycles. The monoisotopic (exact) mass is 415 g/mol. The highest BCUT2D eigenvalue weighted by Crippen LogP contribution is 2.32. The number of carbonyl (C=O) groups excluding carboxylic acids is 1. The first-order valence-electron chi connectivity index (χ1n) is 9.16. The van der Waals surface area contributed by atoms with Gasteiger partial charge in [0.1, 0.15) is 6.61 Å². The van der Waals surface area contributed by atoms with E-state index in [0.717, 1.165) is 17.7 Å². The average Bonchev–Trinajstić information content (AvgIpc) is 2.76. The minimum Gasteiger partial charge on any atom is -0.493 e. The molecule has 4 nitrogen and oxygen atoms in total. The van der Waals surface area contributed by atoms with Crippen LogP contribution in [0.3, 0.4) is 0 Å². The molecule has 1 N–H and O–H groups in total. The highest BCUT2D eigenvalue weighted by molar-refractivity contribution is 5.95. The Bertz CT molecular complexity index is 1000. The lowest BCUT2D eigenvalue weighted by Crippen LogP contribution is -2.25. The molecule has 0 aliphatic heterocycles. The molecule has 30 heavy (non-hydrogen) atoms. The smallest absolute Gasteiger partial charge is 0.417 e. The summed E-state index contributed by atoms with van der Waals surface area (Å²) in [5, 5.41) is 2.52. The second kappa shape index (κ2) is 9.35. The molecule has 3 aromatic carbocycles. The van der Waals surface area contributed by atoms with E-state index in [1.165, 1.54) is 19.2 Å². The number of rotatable bonds is 7. The van der Waals surface area contributed by atoms with Crippen molar-refractivity contribution in [3.8, 4) is 11.5 Å². The van der Waals surface area contributed by atoms with Crippen LogP contribution in [0.15, 0.2) is 72.8 Å². The summed E-state index contributed by atoms with van der Waals surface area (Å²) in [6.45, 7) is 0.405. The summed E-state index contributed by atoms with van der Waals surface area (Å²) in [6, 6.07) is 19.4. The molecule has 3 aromatic rings. The molecule has 0 atom stereocenters. The molecule has 156 valence electrons. The second-order valence-electron chi connectivity index (χ2n) is 6.49. The molecule has 0 saturated carbocycles. The molecule has 0 radical (unpaired) electrons. The highest BCUT2D eigenvalue weighted by atomic mass is 19.4. The van der Waals surface area contributed by atoms with Crippen molar-refractivity contribution in [3.63, 3.8) is 0 Å². The van der Waals surface area contributed by atoms with Crippen LogP contribution in [-0.4, -0.2) is 13.0 Å². The van der Waals surface area contributed by atoms with Crippen LogP contribution >= 0.6 is 0 Å². The van der Waals surface area contributed by atoms with Crippen LogP contribution in [0.5, 0.6) is 11.5 Å². The standard InChI is InChI=1S/C23H20F3NO3/c1-29-21-13-17(11-12-20(21)30-15-16-7-3-2-4-8-16)14-27-22(28)18-9-5-6-10-19(18)23(24,25)26/h2-13H,14-15H2,1H3,(H,27,28). The van der Waals surface area contributed by atoms with Gasteiger partial charge in [-0.3, -0.25) is 4.79 Å². The van der Waals surface area contributed by atoms with Gasteiger partial charge in [-0.2, -0.15) is 13.2 Å². The fourth-order valence-corrected chi connectivity index (χ4v) is 2.88. The molecule has 0 bridgehead atoms. The van der Waals surface area contributed by atoms with Crippen LogP contribution in [0, 0.1) is 0 Å². The molecule has 7 heteroatoms. The van der Waals surface area contributed by atoms with Gasteiger partial charge in [-0.05, 0) is 35.4 Å². The largest absolute Gasteiger partial charge is 0.493 e. The number of amides is 1. The maximum absolute atomic E-state index is 13.1. The number of halogens is 3. The average molecular weight is 415 g/mol. The first kappa shape index (κ1) is 21.2. The Kier molecular flexibility index (Phi) is 6.61. The molecule has 0 saturated heterocycles. The lowest BCUT2D eigenvalue weighted by molar-refractivity contribution is -0.137. The van der Waals surface area contributed by atoms with Gasteiger partial charge >= 0.3 is 6.18 Å². The number of carbonyl (C=O) groups is 1. The third-order valence-electron chi connectivity index (χ3n) is 4.40. The van der Waals surface area contributed by atoms with E-state index in [4.69, 9.17) is 9.47 Å². The molecule has 0 aliphatic rings. The SMILES string of the molecule is COc1cc(CNC(=O)c2ccccc2C(F)(F)F)ccc1OCc1ccccc1. The van der Waals surface area contributed by atoms with Gasteiger partial charge in [0.2, 0.25) is 0 Å². The fraction of sp³-hybridized carbons (Fsp3) is 0.174. The number of ether oxygens (including phenoxy) is 2. The summed E-state index contributed by atoms with van der Waals surface area (Å²) >= 11 is 0. The van der Waals surface area contributed by atoms with Crippen LogP contribution in [0.25, 0.3) is 0 Å². The lowest BCUT2D eigenvalue weighted by atomic mass is 10.1. The van der Waals surface area contributed by atoms with Gasteiger partial charge in [-0.15, -0.1) is 0 Å². The third-order valence-corrected chi connectivity index (χ3v) is 4.40. The summed E-state index contributed by atoms with van der Waals surface area (Å²) in [6.07, 6.45) is -4.60. The predicted octanol–water partition coefficient (Wildman–Crippen LogP) is 5.22. The van der Waals surface area contributed by atoms with Crippen molar-refractivity contribution in [1.29, 1.82) is 0 Å². The van der Waals surface area contributed by atoms with Gasteiger partial charge in [0, 0.05) is 6.54 Å². The summed E-state index contributed by atoms with van der Waals surface area (Å²) < 4.78 is 50.4. The maximum Gasteiger partial charge on any atom is 0.417 e. The minimum atomic E-state index is -4.60. The number of methoxy groups -OCH3 is 1. The van der Waals surface area contributed by atoms with E-state index in [1.807, 2.05) is 30.3 Å². The summed E-state index contributed by atoms with van der Waals surface area (Å²) in [7, 11) is 1.49. The van der Waals surface area contributed by atoms with Gasteiger partial charge in [0.25, 0.3) is 5.91 Å². The van der Waals surface area contributed by atoms with Gasteiger partial charge in [0.05, 0.1) is 18.2 Å². The van der Waals surface area contributed by atoms with Crippen molar-refractivity contribution in [3.05, 3.63) is 95.1 Å². The third kappa shape index (κ3) is 5.31. The summed E-state index contributed by atoms with van der Waals surface area (Å²) in [5.41, 5.74) is 0.278. The van der Waals surface area contributed by atoms with Gasteiger partial charge in [-0.25, -0.2) is 0 Å². The molecule has 0 unspecified atom stereocenters. The first-order chi connectivity index (χ1) is 14.4. The van der Waals surface area contributed by atoms with E-state index in [2.05, 4.69) is 5.32 Å². The fourth-order valence-electron chi connectivity index (χ4n) is 2.88. The van der Waals surface area contributed by atoms with Gasteiger partial charge in [-0.1, -0.05) is 48.5 Å². The van der Waals surface area contributed by atoms with Crippen LogP contribution in [0.1, 0.15) is 27.0 Å². The van der Waals surface area contributed by atoms with E-state index >= 15 is 0 Å². The van der Waals surface area contributed by atoms with Crippen molar-refractivity contribution in [2.45, 2.75) is 19.3 Å². The Morgan fingerprint density at radius 3 is 2.30 bits per heavy atom. The zero-order valence-electron chi connectivity index (χ0n) is 16.2. The van der Waals surface area contributed by atoms with E-state index in [9.17, 15) is 18.0 Å². The molecule has 0 fully saturated rings. The number of hydrogen-bond donors (Lipinski definition) is 1. The van der Waals surface area contributed by atoms with Crippen molar-refractivity contribution in [2.75, 3.05) is 7.11 Å². The molecular formula is C23H20F3NO3. The Morgan fingerprint density at radius 1 is 0.900 bits per heavy atom. The molecule has 0 spiro atoms. The molecule has 0 heterocycles. The quantitative estimate of drug-likeness (QED) is 0.575. The predicted molar refractivity (Wildman–Crippen MR) is 106 cm³/mol. The summed E-state index contributed by atoms with van der Waals surface area (Å²) in [5.74, 6) is 0.193. The first-order valence-corrected chi connectivity index (χ1v) is 9.16. The number of benzene rings is 3. The van der Waals surface area contributed by atoms with Gasteiger partial charge < -0.3 is 14.8 Å². The van der Waals surface area contributed by atoms with Crippen LogP contribution in [0.2, 0.25) is 0 Å². The van der Waals surface area contributed by atoms with Crippen molar-refractivity contribution in [1.82, 2.24) is 5.32 Å². The number of alkyl halides is 3. The molecule has 1 amide bonds. The Morgan fingerprint density at radius 2 is 1.60 bits per heavy atom. The Balaban J connectivity index is 1.67. The van der Waals surface area contributed by atoms with E-state index in [0.29, 0.717) is 23.7 Å². The van der Waals surface area contributed by atoms with Crippen LogP contribution < -0.4 is 14.8 Å². The van der Waals surface area contributed by atoms with Crippen molar-refractivity contribution in [2.24, 2.45) is 0 Å². The minimum absolute atomic E-state index is 0.0420. The topological polar surface area (TPSA) is 47.6 Å². The lowest BCUT2D eigenvalue weighted by Gasteiger charge is -2.14.